The quantitative estimate of drug-likeness (QED) is 0.827. The van der Waals surface area contributed by atoms with Crippen molar-refractivity contribution in [3.63, 3.8) is 0 Å². The van der Waals surface area contributed by atoms with Gasteiger partial charge in [0, 0.05) is 19.2 Å². The van der Waals surface area contributed by atoms with Crippen molar-refractivity contribution < 1.29 is 14.3 Å². The van der Waals surface area contributed by atoms with Crippen LogP contribution in [0.1, 0.15) is 29.3 Å². The summed E-state index contributed by atoms with van der Waals surface area (Å²) in [6.45, 7) is 2.28. The molecule has 1 amide bonds. The van der Waals surface area contributed by atoms with E-state index in [1.165, 1.54) is 12.1 Å². The molecular formula is C14H16FNO2. The molecule has 0 atom stereocenters. The normalized spacial score (nSPS) is 9.56. The highest BCUT2D eigenvalue weighted by molar-refractivity contribution is 5.94. The maximum Gasteiger partial charge on any atom is 0.253 e. The SMILES string of the molecule is CCCN(C)C(=O)c1ccc(C#CCO)c(F)c1. The van der Waals surface area contributed by atoms with Gasteiger partial charge in [-0.3, -0.25) is 4.79 Å². The summed E-state index contributed by atoms with van der Waals surface area (Å²) in [7, 11) is 1.68. The molecule has 1 N–H and O–H groups in total. The Hall–Kier alpha value is -1.86. The molecule has 0 aromatic heterocycles. The van der Waals surface area contributed by atoms with E-state index in [1.54, 1.807) is 18.0 Å². The van der Waals surface area contributed by atoms with E-state index in [4.69, 9.17) is 5.11 Å². The minimum absolute atomic E-state index is 0.179. The Morgan fingerprint density at radius 1 is 1.50 bits per heavy atom. The molecule has 0 spiro atoms. The van der Waals surface area contributed by atoms with E-state index in [0.717, 1.165) is 6.42 Å². The van der Waals surface area contributed by atoms with Gasteiger partial charge in [0.1, 0.15) is 12.4 Å². The second-order valence-corrected chi connectivity index (χ2v) is 3.88. The van der Waals surface area contributed by atoms with Crippen molar-refractivity contribution in [3.05, 3.63) is 35.1 Å². The summed E-state index contributed by atoms with van der Waals surface area (Å²) in [6, 6.07) is 4.17. The van der Waals surface area contributed by atoms with Crippen molar-refractivity contribution in [2.45, 2.75) is 13.3 Å². The van der Waals surface area contributed by atoms with E-state index in [9.17, 15) is 9.18 Å². The molecule has 3 nitrogen and oxygen atoms in total. The van der Waals surface area contributed by atoms with Gasteiger partial charge in [-0.25, -0.2) is 4.39 Å². The number of carbonyl (C=O) groups excluding carboxylic acids is 1. The van der Waals surface area contributed by atoms with Gasteiger partial charge in [0.2, 0.25) is 0 Å². The minimum atomic E-state index is -0.549. The predicted molar refractivity (Wildman–Crippen MR) is 67.6 cm³/mol. The first-order chi connectivity index (χ1) is 8.60. The van der Waals surface area contributed by atoms with Crippen LogP contribution in [0.15, 0.2) is 18.2 Å². The third-order valence-corrected chi connectivity index (χ3v) is 2.42. The Bertz CT molecular complexity index is 488. The van der Waals surface area contributed by atoms with Crippen molar-refractivity contribution >= 4 is 5.91 Å². The van der Waals surface area contributed by atoms with Crippen LogP contribution in [-0.2, 0) is 0 Å². The van der Waals surface area contributed by atoms with Gasteiger partial charge in [-0.05, 0) is 24.6 Å². The van der Waals surface area contributed by atoms with Crippen LogP contribution in [0, 0.1) is 17.7 Å². The van der Waals surface area contributed by atoms with Crippen molar-refractivity contribution in [2.24, 2.45) is 0 Å². The lowest BCUT2D eigenvalue weighted by Crippen LogP contribution is -2.27. The van der Waals surface area contributed by atoms with E-state index in [0.29, 0.717) is 12.1 Å². The largest absolute Gasteiger partial charge is 0.384 e. The van der Waals surface area contributed by atoms with Crippen LogP contribution in [0.2, 0.25) is 0 Å². The second kappa shape index (κ2) is 6.77. The highest BCUT2D eigenvalue weighted by Gasteiger charge is 2.12. The van der Waals surface area contributed by atoms with Crippen molar-refractivity contribution in [3.8, 4) is 11.8 Å². The van der Waals surface area contributed by atoms with E-state index < -0.39 is 5.82 Å². The van der Waals surface area contributed by atoms with Gasteiger partial charge in [-0.2, -0.15) is 0 Å². The Morgan fingerprint density at radius 2 is 2.22 bits per heavy atom. The van der Waals surface area contributed by atoms with Crippen LogP contribution >= 0.6 is 0 Å². The molecule has 0 saturated carbocycles. The highest BCUT2D eigenvalue weighted by atomic mass is 19.1. The van der Waals surface area contributed by atoms with Gasteiger partial charge >= 0.3 is 0 Å². The van der Waals surface area contributed by atoms with Crippen LogP contribution in [-0.4, -0.2) is 36.1 Å². The fourth-order valence-corrected chi connectivity index (χ4v) is 1.54. The lowest BCUT2D eigenvalue weighted by molar-refractivity contribution is 0.0794. The molecule has 0 aliphatic rings. The van der Waals surface area contributed by atoms with Crippen LogP contribution in [0.3, 0.4) is 0 Å². The lowest BCUT2D eigenvalue weighted by atomic mass is 10.1. The number of benzene rings is 1. The van der Waals surface area contributed by atoms with Crippen LogP contribution in [0.4, 0.5) is 4.39 Å². The Balaban J connectivity index is 2.93. The second-order valence-electron chi connectivity index (χ2n) is 3.88. The minimum Gasteiger partial charge on any atom is -0.384 e. The molecule has 0 bridgehead atoms. The third kappa shape index (κ3) is 3.57. The number of nitrogens with zero attached hydrogens (tertiary/aromatic N) is 1. The average Bonchev–Trinajstić information content (AvgIpc) is 2.36. The Labute approximate surface area is 106 Å². The van der Waals surface area contributed by atoms with E-state index in [2.05, 4.69) is 11.8 Å². The van der Waals surface area contributed by atoms with E-state index >= 15 is 0 Å². The highest BCUT2D eigenvalue weighted by Crippen LogP contribution is 2.11. The summed E-state index contributed by atoms with van der Waals surface area (Å²) >= 11 is 0. The van der Waals surface area contributed by atoms with Crippen molar-refractivity contribution in [1.82, 2.24) is 4.90 Å². The third-order valence-electron chi connectivity index (χ3n) is 2.42. The molecule has 1 aromatic carbocycles. The average molecular weight is 249 g/mol. The van der Waals surface area contributed by atoms with Crippen LogP contribution in [0.5, 0.6) is 0 Å². The first-order valence-corrected chi connectivity index (χ1v) is 5.75. The first kappa shape index (κ1) is 14.2. The van der Waals surface area contributed by atoms with Gasteiger partial charge in [0.25, 0.3) is 5.91 Å². The monoisotopic (exact) mass is 249 g/mol. The van der Waals surface area contributed by atoms with Crippen molar-refractivity contribution in [1.29, 1.82) is 0 Å². The molecule has 18 heavy (non-hydrogen) atoms. The number of aliphatic hydroxyl groups is 1. The first-order valence-electron chi connectivity index (χ1n) is 5.75. The zero-order valence-electron chi connectivity index (χ0n) is 10.5. The predicted octanol–water partition coefficient (Wildman–Crippen LogP) is 1.65. The fraction of sp³-hybridized carbons (Fsp3) is 0.357. The summed E-state index contributed by atoms with van der Waals surface area (Å²) < 4.78 is 13.6. The molecular weight excluding hydrogens is 233 g/mol. The Kier molecular flexibility index (Phi) is 5.34. The molecule has 4 heteroatoms. The molecule has 0 unspecified atom stereocenters. The molecule has 96 valence electrons. The van der Waals surface area contributed by atoms with Gasteiger partial charge in [0.05, 0.1) is 5.56 Å². The fourth-order valence-electron chi connectivity index (χ4n) is 1.54. The lowest BCUT2D eigenvalue weighted by Gasteiger charge is -2.16. The number of hydrogen-bond acceptors (Lipinski definition) is 2. The summed E-state index contributed by atoms with van der Waals surface area (Å²) in [4.78, 5) is 13.4. The van der Waals surface area contributed by atoms with Crippen molar-refractivity contribution in [2.75, 3.05) is 20.2 Å². The van der Waals surface area contributed by atoms with Crippen LogP contribution in [0.25, 0.3) is 0 Å². The molecule has 0 fully saturated rings. The summed E-state index contributed by atoms with van der Waals surface area (Å²) in [5, 5.41) is 8.54. The molecule has 1 aromatic rings. The maximum absolute atomic E-state index is 13.6. The van der Waals surface area contributed by atoms with Gasteiger partial charge in [-0.1, -0.05) is 18.8 Å². The molecule has 0 aliphatic heterocycles. The standard InChI is InChI=1S/C14H16FNO2/c1-3-8-16(2)14(18)12-7-6-11(5-4-9-17)13(15)10-12/h6-7,10,17H,3,8-9H2,1-2H3. The van der Waals surface area contributed by atoms with E-state index in [1.807, 2.05) is 6.92 Å². The van der Waals surface area contributed by atoms with E-state index in [-0.39, 0.29) is 18.1 Å². The van der Waals surface area contributed by atoms with Gasteiger partial charge < -0.3 is 10.0 Å². The number of aliphatic hydroxyl groups excluding tert-OH is 1. The molecule has 0 radical (unpaired) electrons. The molecule has 0 saturated heterocycles. The number of halogens is 1. The zero-order valence-corrected chi connectivity index (χ0v) is 10.5. The smallest absolute Gasteiger partial charge is 0.253 e. The van der Waals surface area contributed by atoms with Crippen LogP contribution < -0.4 is 0 Å². The summed E-state index contributed by atoms with van der Waals surface area (Å²) in [5.74, 6) is 4.09. The number of hydrogen-bond donors (Lipinski definition) is 1. The molecule has 0 heterocycles. The van der Waals surface area contributed by atoms with Gasteiger partial charge in [0.15, 0.2) is 0 Å². The zero-order chi connectivity index (χ0) is 13.5. The Morgan fingerprint density at radius 3 is 2.78 bits per heavy atom. The maximum atomic E-state index is 13.6. The summed E-state index contributed by atoms with van der Waals surface area (Å²) in [5.41, 5.74) is 0.483. The number of rotatable bonds is 3. The topological polar surface area (TPSA) is 40.5 Å². The van der Waals surface area contributed by atoms with Gasteiger partial charge in [-0.15, -0.1) is 0 Å². The number of carbonyl (C=O) groups is 1. The molecule has 1 rings (SSSR count). The molecule has 0 aliphatic carbocycles. The summed E-state index contributed by atoms with van der Waals surface area (Å²) in [6.07, 6.45) is 0.852. The number of amides is 1.